The highest BCUT2D eigenvalue weighted by atomic mass is 32.1. The van der Waals surface area contributed by atoms with Crippen LogP contribution in [0.4, 0.5) is 0 Å². The lowest BCUT2D eigenvalue weighted by Gasteiger charge is -2.11. The zero-order chi connectivity index (χ0) is 17.8. The first-order valence-corrected chi connectivity index (χ1v) is 8.67. The van der Waals surface area contributed by atoms with Crippen LogP contribution in [-0.2, 0) is 0 Å². The molecule has 0 unspecified atom stereocenters. The number of hydrogen-bond acceptors (Lipinski definition) is 5. The summed E-state index contributed by atoms with van der Waals surface area (Å²) in [6.45, 7) is 0. The number of aliphatic hydroxyl groups excluding tert-OH is 2. The number of benzene rings is 2. The first kappa shape index (κ1) is 17.5. The second kappa shape index (κ2) is 7.70. The van der Waals surface area contributed by atoms with E-state index in [1.807, 2.05) is 60.7 Å². The molecule has 5 heteroatoms. The summed E-state index contributed by atoms with van der Waals surface area (Å²) >= 11 is 1.40. The Balaban J connectivity index is 1.78. The summed E-state index contributed by atoms with van der Waals surface area (Å²) in [6, 6.07) is 18.3. The van der Waals surface area contributed by atoms with Gasteiger partial charge in [-0.3, -0.25) is 0 Å². The van der Waals surface area contributed by atoms with Gasteiger partial charge in [-0.15, -0.1) is 11.3 Å². The highest BCUT2D eigenvalue weighted by molar-refractivity contribution is 7.12. The first-order chi connectivity index (χ1) is 12.1. The summed E-state index contributed by atoms with van der Waals surface area (Å²) in [6.07, 6.45) is -1.46. The van der Waals surface area contributed by atoms with Crippen molar-refractivity contribution in [3.63, 3.8) is 0 Å². The molecular weight excluding hydrogens is 336 g/mol. The van der Waals surface area contributed by atoms with Crippen molar-refractivity contribution in [1.29, 1.82) is 0 Å². The largest absolute Gasteiger partial charge is 0.497 e. The minimum absolute atomic E-state index is 0.729. The molecule has 130 valence electrons. The van der Waals surface area contributed by atoms with Gasteiger partial charge in [-0.1, -0.05) is 24.3 Å². The summed E-state index contributed by atoms with van der Waals surface area (Å²) in [5, 5.41) is 21.1. The summed E-state index contributed by atoms with van der Waals surface area (Å²) in [4.78, 5) is 1.57. The normalized spacial score (nSPS) is 13.3. The fraction of sp³-hybridized carbons (Fsp3) is 0.200. The van der Waals surface area contributed by atoms with Crippen LogP contribution in [0.25, 0.3) is 0 Å². The molecule has 0 aliphatic rings. The van der Waals surface area contributed by atoms with Gasteiger partial charge in [0.2, 0.25) is 0 Å². The second-order valence-corrected chi connectivity index (χ2v) is 6.74. The molecule has 4 nitrogen and oxygen atoms in total. The van der Waals surface area contributed by atoms with Crippen LogP contribution in [-0.4, -0.2) is 24.4 Å². The van der Waals surface area contributed by atoms with Crippen molar-refractivity contribution in [2.75, 3.05) is 14.2 Å². The third kappa shape index (κ3) is 3.85. The van der Waals surface area contributed by atoms with Crippen LogP contribution in [0.1, 0.15) is 33.1 Å². The predicted octanol–water partition coefficient (Wildman–Crippen LogP) is 3.93. The van der Waals surface area contributed by atoms with E-state index >= 15 is 0 Å². The smallest absolute Gasteiger partial charge is 0.118 e. The molecule has 1 heterocycles. The molecule has 2 atom stereocenters. The van der Waals surface area contributed by atoms with E-state index in [1.165, 1.54) is 11.3 Å². The molecule has 0 saturated heterocycles. The van der Waals surface area contributed by atoms with Crippen LogP contribution in [0.15, 0.2) is 60.7 Å². The number of thiophene rings is 1. The second-order valence-electron chi connectivity index (χ2n) is 5.59. The van der Waals surface area contributed by atoms with Gasteiger partial charge in [-0.2, -0.15) is 0 Å². The fourth-order valence-corrected chi connectivity index (χ4v) is 3.60. The molecule has 0 saturated carbocycles. The maximum absolute atomic E-state index is 10.6. The van der Waals surface area contributed by atoms with Crippen molar-refractivity contribution in [2.24, 2.45) is 0 Å². The molecule has 0 bridgehead atoms. The van der Waals surface area contributed by atoms with E-state index in [9.17, 15) is 10.2 Å². The molecule has 2 aromatic carbocycles. The quantitative estimate of drug-likeness (QED) is 0.703. The van der Waals surface area contributed by atoms with Crippen molar-refractivity contribution in [3.8, 4) is 11.5 Å². The molecule has 0 radical (unpaired) electrons. The minimum Gasteiger partial charge on any atom is -0.497 e. The van der Waals surface area contributed by atoms with Crippen molar-refractivity contribution < 1.29 is 19.7 Å². The van der Waals surface area contributed by atoms with E-state index in [0.717, 1.165) is 32.4 Å². The van der Waals surface area contributed by atoms with Crippen LogP contribution in [0.2, 0.25) is 0 Å². The van der Waals surface area contributed by atoms with Crippen LogP contribution in [0.5, 0.6) is 11.5 Å². The van der Waals surface area contributed by atoms with Crippen molar-refractivity contribution in [3.05, 3.63) is 81.5 Å². The molecule has 3 aromatic rings. The Morgan fingerprint density at radius 1 is 0.640 bits per heavy atom. The summed E-state index contributed by atoms with van der Waals surface area (Å²) in [5.41, 5.74) is 1.57. The maximum atomic E-state index is 10.6. The number of rotatable bonds is 6. The lowest BCUT2D eigenvalue weighted by atomic mass is 10.1. The van der Waals surface area contributed by atoms with E-state index < -0.39 is 12.2 Å². The third-order valence-electron chi connectivity index (χ3n) is 4.05. The Labute approximate surface area is 150 Å². The van der Waals surface area contributed by atoms with E-state index in [4.69, 9.17) is 9.47 Å². The standard InChI is InChI=1S/C20H20O4S/c1-23-15-7-3-13(4-8-15)19(21)17-11-12-18(25-17)20(22)14-5-9-16(24-2)10-6-14/h3-12,19-22H,1-2H3/t19-,20+. The van der Waals surface area contributed by atoms with Gasteiger partial charge in [0.05, 0.1) is 14.2 Å². The zero-order valence-corrected chi connectivity index (χ0v) is 14.9. The monoisotopic (exact) mass is 356 g/mol. The highest BCUT2D eigenvalue weighted by Gasteiger charge is 2.18. The molecule has 25 heavy (non-hydrogen) atoms. The number of aliphatic hydroxyl groups is 2. The average Bonchev–Trinajstić information content (AvgIpc) is 3.17. The van der Waals surface area contributed by atoms with Gasteiger partial charge in [0.15, 0.2) is 0 Å². The van der Waals surface area contributed by atoms with Gasteiger partial charge < -0.3 is 19.7 Å². The van der Waals surface area contributed by atoms with E-state index in [-0.39, 0.29) is 0 Å². The minimum atomic E-state index is -0.729. The topological polar surface area (TPSA) is 58.9 Å². The lowest BCUT2D eigenvalue weighted by Crippen LogP contribution is -1.98. The van der Waals surface area contributed by atoms with Crippen LogP contribution in [0.3, 0.4) is 0 Å². The molecule has 0 fully saturated rings. The fourth-order valence-electron chi connectivity index (χ4n) is 2.56. The van der Waals surface area contributed by atoms with Crippen molar-refractivity contribution in [2.45, 2.75) is 12.2 Å². The van der Waals surface area contributed by atoms with Crippen LogP contribution in [0, 0.1) is 0 Å². The Bertz CT molecular complexity index is 740. The molecule has 2 N–H and O–H groups in total. The van der Waals surface area contributed by atoms with Gasteiger partial charge in [0, 0.05) is 9.75 Å². The average molecular weight is 356 g/mol. The molecule has 0 spiro atoms. The Morgan fingerprint density at radius 2 is 1.00 bits per heavy atom. The van der Waals surface area contributed by atoms with Crippen LogP contribution >= 0.6 is 11.3 Å². The molecule has 1 aromatic heterocycles. The summed E-state index contributed by atoms with van der Waals surface area (Å²) in [7, 11) is 3.22. The molecule has 0 aliphatic carbocycles. The lowest BCUT2D eigenvalue weighted by molar-refractivity contribution is 0.223. The van der Waals surface area contributed by atoms with Gasteiger partial charge >= 0.3 is 0 Å². The molecular formula is C20H20O4S. The molecule has 3 rings (SSSR count). The van der Waals surface area contributed by atoms with Gasteiger partial charge in [0.25, 0.3) is 0 Å². The van der Waals surface area contributed by atoms with Crippen LogP contribution < -0.4 is 9.47 Å². The SMILES string of the molecule is COc1ccc([C@@H](O)c2ccc([C@@H](O)c3ccc(OC)cc3)s2)cc1. The molecule has 0 aliphatic heterocycles. The highest BCUT2D eigenvalue weighted by Crippen LogP contribution is 2.34. The first-order valence-electron chi connectivity index (χ1n) is 7.86. The summed E-state index contributed by atoms with van der Waals surface area (Å²) < 4.78 is 10.3. The predicted molar refractivity (Wildman–Crippen MR) is 98.4 cm³/mol. The Hall–Kier alpha value is -2.34. The molecule has 0 amide bonds. The maximum Gasteiger partial charge on any atom is 0.118 e. The van der Waals surface area contributed by atoms with Gasteiger partial charge in [-0.05, 0) is 47.5 Å². The van der Waals surface area contributed by atoms with Crippen molar-refractivity contribution >= 4 is 11.3 Å². The van der Waals surface area contributed by atoms with E-state index in [1.54, 1.807) is 14.2 Å². The Morgan fingerprint density at radius 3 is 1.32 bits per heavy atom. The Kier molecular flexibility index (Phi) is 5.38. The van der Waals surface area contributed by atoms with Crippen molar-refractivity contribution in [1.82, 2.24) is 0 Å². The number of methoxy groups -OCH3 is 2. The van der Waals surface area contributed by atoms with Gasteiger partial charge in [0.1, 0.15) is 23.7 Å². The van der Waals surface area contributed by atoms with E-state index in [2.05, 4.69) is 0 Å². The number of hydrogen-bond donors (Lipinski definition) is 2. The third-order valence-corrected chi connectivity index (χ3v) is 5.24. The van der Waals surface area contributed by atoms with E-state index in [0.29, 0.717) is 0 Å². The summed E-state index contributed by atoms with van der Waals surface area (Å²) in [5.74, 6) is 1.50. The van der Waals surface area contributed by atoms with Gasteiger partial charge in [-0.25, -0.2) is 0 Å². The number of ether oxygens (including phenoxy) is 2. The zero-order valence-electron chi connectivity index (χ0n) is 14.0.